The lowest BCUT2D eigenvalue weighted by Crippen LogP contribution is -2.31. The van der Waals surface area contributed by atoms with Crippen LogP contribution in [0.3, 0.4) is 0 Å². The largest absolute Gasteiger partial charge is 0.266 e. The molecule has 0 aliphatic heterocycles. The summed E-state index contributed by atoms with van der Waals surface area (Å²) >= 11 is 12.0. The van der Waals surface area contributed by atoms with Gasteiger partial charge in [0, 0.05) is 11.6 Å². The molecule has 0 unspecified atom stereocenters. The van der Waals surface area contributed by atoms with Crippen molar-refractivity contribution in [2.24, 2.45) is 0 Å². The molecule has 0 radical (unpaired) electrons. The molecule has 0 saturated carbocycles. The van der Waals surface area contributed by atoms with Crippen molar-refractivity contribution in [3.63, 3.8) is 0 Å². The highest BCUT2D eigenvalue weighted by molar-refractivity contribution is 7.93. The second-order valence-electron chi connectivity index (χ2n) is 4.73. The van der Waals surface area contributed by atoms with Crippen LogP contribution in [0.15, 0.2) is 47.4 Å². The summed E-state index contributed by atoms with van der Waals surface area (Å²) in [6.07, 6.45) is 0.742. The fourth-order valence-corrected chi connectivity index (χ4v) is 4.57. The third kappa shape index (κ3) is 3.24. The number of benzene rings is 2. The fraction of sp³-hybridized carbons (Fsp3) is 0.250. The van der Waals surface area contributed by atoms with Crippen molar-refractivity contribution in [2.45, 2.75) is 25.2 Å². The maximum absolute atomic E-state index is 13.0. The van der Waals surface area contributed by atoms with Crippen molar-refractivity contribution in [3.05, 3.63) is 58.1 Å². The van der Waals surface area contributed by atoms with Crippen LogP contribution < -0.4 is 4.31 Å². The Bertz CT molecular complexity index is 775. The highest BCUT2D eigenvalue weighted by atomic mass is 35.5. The molecule has 3 nitrogen and oxygen atoms in total. The molecule has 0 saturated heterocycles. The van der Waals surface area contributed by atoms with Gasteiger partial charge < -0.3 is 0 Å². The van der Waals surface area contributed by atoms with Crippen LogP contribution in [0.25, 0.3) is 0 Å². The van der Waals surface area contributed by atoms with Gasteiger partial charge >= 0.3 is 0 Å². The molecule has 0 aliphatic carbocycles. The average Bonchev–Trinajstić information content (AvgIpc) is 2.50. The normalized spacial score (nSPS) is 11.5. The summed E-state index contributed by atoms with van der Waals surface area (Å²) in [5, 5.41) is 0.500. The Morgan fingerprint density at radius 2 is 1.73 bits per heavy atom. The predicted octanol–water partition coefficient (Wildman–Crippen LogP) is 4.77. The summed E-state index contributed by atoms with van der Waals surface area (Å²) in [6.45, 7) is 4.09. The number of hydrogen-bond donors (Lipinski definition) is 0. The zero-order valence-electron chi connectivity index (χ0n) is 12.4. The predicted molar refractivity (Wildman–Crippen MR) is 92.5 cm³/mol. The van der Waals surface area contributed by atoms with E-state index in [0.717, 1.165) is 12.0 Å². The summed E-state index contributed by atoms with van der Waals surface area (Å²) in [6, 6.07) is 11.9. The van der Waals surface area contributed by atoms with Gasteiger partial charge in [-0.15, -0.1) is 0 Å². The molecule has 0 spiro atoms. The third-order valence-electron chi connectivity index (χ3n) is 3.39. The summed E-state index contributed by atoms with van der Waals surface area (Å²) in [7, 11) is -3.77. The van der Waals surface area contributed by atoms with Crippen molar-refractivity contribution in [2.75, 3.05) is 10.8 Å². The van der Waals surface area contributed by atoms with E-state index in [4.69, 9.17) is 23.2 Å². The molecule has 0 amide bonds. The van der Waals surface area contributed by atoms with Gasteiger partial charge in [0.1, 0.15) is 4.90 Å². The van der Waals surface area contributed by atoms with E-state index in [2.05, 4.69) is 0 Å². The molecule has 2 aromatic rings. The van der Waals surface area contributed by atoms with Gasteiger partial charge in [0.05, 0.1) is 10.7 Å². The van der Waals surface area contributed by atoms with Crippen LogP contribution in [0, 0.1) is 0 Å². The lowest BCUT2D eigenvalue weighted by molar-refractivity contribution is 0.591. The molecule has 0 bridgehead atoms. The van der Waals surface area contributed by atoms with Gasteiger partial charge in [-0.25, -0.2) is 8.42 Å². The van der Waals surface area contributed by atoms with Gasteiger partial charge in [-0.05, 0) is 43.2 Å². The van der Waals surface area contributed by atoms with E-state index in [1.165, 1.54) is 16.4 Å². The topological polar surface area (TPSA) is 37.4 Å². The summed E-state index contributed by atoms with van der Waals surface area (Å²) in [5.74, 6) is 0. The number of para-hydroxylation sites is 1. The highest BCUT2D eigenvalue weighted by Gasteiger charge is 2.27. The number of hydrogen-bond acceptors (Lipinski definition) is 2. The molecule has 2 rings (SSSR count). The number of nitrogens with zero attached hydrogens (tertiary/aromatic N) is 1. The monoisotopic (exact) mass is 357 g/mol. The first-order valence-electron chi connectivity index (χ1n) is 6.97. The van der Waals surface area contributed by atoms with E-state index >= 15 is 0 Å². The Morgan fingerprint density at radius 1 is 1.05 bits per heavy atom. The van der Waals surface area contributed by atoms with Crippen molar-refractivity contribution < 1.29 is 8.42 Å². The molecule has 0 fully saturated rings. The molecule has 0 atom stereocenters. The van der Waals surface area contributed by atoms with Gasteiger partial charge in [0.25, 0.3) is 10.0 Å². The standard InChI is InChI=1S/C16H17Cl2NO2S/c1-3-12-7-5-6-8-15(12)19(4-2)22(20,21)16-11-13(17)9-10-14(16)18/h5-11H,3-4H2,1-2H3. The van der Waals surface area contributed by atoms with E-state index in [1.54, 1.807) is 19.1 Å². The zero-order chi connectivity index (χ0) is 16.3. The average molecular weight is 358 g/mol. The fourth-order valence-electron chi connectivity index (χ4n) is 2.32. The second kappa shape index (κ2) is 6.90. The van der Waals surface area contributed by atoms with Crippen LogP contribution in [0.4, 0.5) is 5.69 Å². The number of rotatable bonds is 5. The zero-order valence-corrected chi connectivity index (χ0v) is 14.7. The van der Waals surface area contributed by atoms with Crippen molar-refractivity contribution in [3.8, 4) is 0 Å². The smallest absolute Gasteiger partial charge is 0.265 e. The van der Waals surface area contributed by atoms with Gasteiger partial charge in [-0.2, -0.15) is 0 Å². The first-order valence-corrected chi connectivity index (χ1v) is 9.17. The molecule has 0 N–H and O–H groups in total. The first-order chi connectivity index (χ1) is 10.4. The van der Waals surface area contributed by atoms with Crippen LogP contribution in [-0.4, -0.2) is 15.0 Å². The van der Waals surface area contributed by atoms with Crippen LogP contribution in [-0.2, 0) is 16.4 Å². The van der Waals surface area contributed by atoms with Crippen LogP contribution in [0.1, 0.15) is 19.4 Å². The van der Waals surface area contributed by atoms with E-state index in [9.17, 15) is 8.42 Å². The minimum absolute atomic E-state index is 0.0226. The van der Waals surface area contributed by atoms with E-state index in [0.29, 0.717) is 17.3 Å². The summed E-state index contributed by atoms with van der Waals surface area (Å²) in [5.41, 5.74) is 1.63. The van der Waals surface area contributed by atoms with Crippen LogP contribution in [0.2, 0.25) is 10.0 Å². The number of halogens is 2. The molecule has 0 aromatic heterocycles. The van der Waals surface area contributed by atoms with Crippen molar-refractivity contribution in [1.82, 2.24) is 0 Å². The lowest BCUT2D eigenvalue weighted by Gasteiger charge is -2.25. The molecule has 6 heteroatoms. The Kier molecular flexibility index (Phi) is 5.37. The Labute approximate surface area is 141 Å². The maximum Gasteiger partial charge on any atom is 0.265 e. The molecule has 2 aromatic carbocycles. The van der Waals surface area contributed by atoms with E-state index in [-0.39, 0.29) is 9.92 Å². The maximum atomic E-state index is 13.0. The minimum Gasteiger partial charge on any atom is -0.266 e. The highest BCUT2D eigenvalue weighted by Crippen LogP contribution is 2.32. The van der Waals surface area contributed by atoms with E-state index < -0.39 is 10.0 Å². The summed E-state index contributed by atoms with van der Waals surface area (Å²) in [4.78, 5) is 0.0226. The minimum atomic E-state index is -3.77. The molecular weight excluding hydrogens is 341 g/mol. The first kappa shape index (κ1) is 17.1. The number of aryl methyl sites for hydroxylation is 1. The number of anilines is 1. The van der Waals surface area contributed by atoms with Gasteiger partial charge in [0.2, 0.25) is 0 Å². The van der Waals surface area contributed by atoms with Crippen LogP contribution in [0.5, 0.6) is 0 Å². The quantitative estimate of drug-likeness (QED) is 0.772. The Morgan fingerprint density at radius 3 is 2.36 bits per heavy atom. The van der Waals surface area contributed by atoms with E-state index in [1.807, 2.05) is 25.1 Å². The Balaban J connectivity index is 2.61. The lowest BCUT2D eigenvalue weighted by atomic mass is 10.1. The molecular formula is C16H17Cl2NO2S. The Hall–Kier alpha value is -1.23. The van der Waals surface area contributed by atoms with Crippen molar-refractivity contribution in [1.29, 1.82) is 0 Å². The van der Waals surface area contributed by atoms with Crippen molar-refractivity contribution >= 4 is 38.9 Å². The van der Waals surface area contributed by atoms with Gasteiger partial charge in [-0.3, -0.25) is 4.31 Å². The summed E-state index contributed by atoms with van der Waals surface area (Å²) < 4.78 is 27.3. The molecule has 0 aliphatic rings. The molecule has 118 valence electrons. The SMILES string of the molecule is CCc1ccccc1N(CC)S(=O)(=O)c1cc(Cl)ccc1Cl. The second-order valence-corrected chi connectivity index (χ2v) is 7.40. The third-order valence-corrected chi connectivity index (χ3v) is 6.00. The molecule has 0 heterocycles. The molecule has 22 heavy (non-hydrogen) atoms. The van der Waals surface area contributed by atoms with Crippen LogP contribution >= 0.6 is 23.2 Å². The van der Waals surface area contributed by atoms with Gasteiger partial charge in [-0.1, -0.05) is 48.3 Å². The van der Waals surface area contributed by atoms with Gasteiger partial charge in [0.15, 0.2) is 0 Å². The number of sulfonamides is 1.